The highest BCUT2D eigenvalue weighted by atomic mass is 35.5. The molecule has 21 heavy (non-hydrogen) atoms. The van der Waals surface area contributed by atoms with E-state index in [1.165, 1.54) is 11.1 Å². The lowest BCUT2D eigenvalue weighted by atomic mass is 9.99. The maximum Gasteiger partial charge on any atom is 0.315 e. The molecule has 0 spiro atoms. The van der Waals surface area contributed by atoms with E-state index in [4.69, 9.17) is 4.42 Å². The van der Waals surface area contributed by atoms with Crippen LogP contribution in [0.25, 0.3) is 17.0 Å². The van der Waals surface area contributed by atoms with Gasteiger partial charge in [0.2, 0.25) is 5.89 Å². The van der Waals surface area contributed by atoms with Crippen molar-refractivity contribution >= 4 is 24.0 Å². The topological polar surface area (TPSA) is 63.0 Å². The van der Waals surface area contributed by atoms with Crippen LogP contribution in [0, 0.1) is 0 Å². The second-order valence-corrected chi connectivity index (χ2v) is 4.70. The van der Waals surface area contributed by atoms with Crippen LogP contribution in [0.3, 0.4) is 0 Å². The Balaban J connectivity index is 0.00000161. The summed E-state index contributed by atoms with van der Waals surface area (Å²) < 4.78 is 5.54. The van der Waals surface area contributed by atoms with Crippen molar-refractivity contribution in [3.63, 3.8) is 0 Å². The molecule has 1 aliphatic rings. The Morgan fingerprint density at radius 1 is 1.19 bits per heavy atom. The van der Waals surface area contributed by atoms with Gasteiger partial charge in [0.1, 0.15) is 0 Å². The zero-order valence-corrected chi connectivity index (χ0v) is 12.7. The molecule has 1 aromatic carbocycles. The molecule has 0 fully saturated rings. The highest BCUT2D eigenvalue weighted by Crippen LogP contribution is 2.24. The van der Waals surface area contributed by atoms with Crippen LogP contribution in [0.4, 0.5) is 6.01 Å². The van der Waals surface area contributed by atoms with Crippen molar-refractivity contribution in [2.75, 3.05) is 25.0 Å². The monoisotopic (exact) mass is 306 g/mol. The Bertz CT molecular complexity index is 606. The first-order valence-electron chi connectivity index (χ1n) is 6.95. The third kappa shape index (κ3) is 3.62. The first-order valence-corrected chi connectivity index (χ1v) is 6.95. The van der Waals surface area contributed by atoms with Gasteiger partial charge in [0.15, 0.2) is 0 Å². The molecule has 2 aromatic rings. The van der Waals surface area contributed by atoms with E-state index in [1.54, 1.807) is 0 Å². The summed E-state index contributed by atoms with van der Waals surface area (Å²) in [6.45, 7) is 4.75. The molecule has 0 bridgehead atoms. The van der Waals surface area contributed by atoms with E-state index in [2.05, 4.69) is 39.0 Å². The van der Waals surface area contributed by atoms with Gasteiger partial charge < -0.3 is 15.1 Å². The van der Waals surface area contributed by atoms with Gasteiger partial charge >= 0.3 is 6.01 Å². The van der Waals surface area contributed by atoms with Gasteiger partial charge in [-0.15, -0.1) is 17.5 Å². The minimum atomic E-state index is 0. The Hall–Kier alpha value is -1.85. The van der Waals surface area contributed by atoms with Crippen molar-refractivity contribution in [2.45, 2.75) is 13.3 Å². The molecule has 0 saturated heterocycles. The minimum absolute atomic E-state index is 0. The van der Waals surface area contributed by atoms with Gasteiger partial charge in [0.25, 0.3) is 0 Å². The molecule has 0 radical (unpaired) electrons. The summed E-state index contributed by atoms with van der Waals surface area (Å²) in [5, 5.41) is 14.3. The van der Waals surface area contributed by atoms with E-state index in [0.717, 1.165) is 31.6 Å². The first kappa shape index (κ1) is 15.5. The molecular formula is C15H19ClN4O. The van der Waals surface area contributed by atoms with E-state index in [1.807, 2.05) is 19.1 Å². The molecule has 5 nitrogen and oxygen atoms in total. The van der Waals surface area contributed by atoms with E-state index < -0.39 is 0 Å². The molecule has 0 amide bonds. The Labute approximate surface area is 130 Å². The quantitative estimate of drug-likeness (QED) is 0.909. The SMILES string of the molecule is CCNc1nnc(-c2ccc(C3=CCNCC3)cc2)o1.Cl. The molecular weight excluding hydrogens is 288 g/mol. The third-order valence-electron chi connectivity index (χ3n) is 3.32. The fourth-order valence-corrected chi connectivity index (χ4v) is 2.27. The third-order valence-corrected chi connectivity index (χ3v) is 3.32. The predicted octanol–water partition coefficient (Wildman–Crippen LogP) is 2.97. The summed E-state index contributed by atoms with van der Waals surface area (Å²) in [6, 6.07) is 8.75. The molecule has 3 rings (SSSR count). The van der Waals surface area contributed by atoms with Crippen molar-refractivity contribution in [1.29, 1.82) is 0 Å². The zero-order chi connectivity index (χ0) is 13.8. The molecule has 1 aromatic heterocycles. The molecule has 0 atom stereocenters. The molecule has 0 saturated carbocycles. The molecule has 112 valence electrons. The van der Waals surface area contributed by atoms with Crippen molar-refractivity contribution in [1.82, 2.24) is 15.5 Å². The van der Waals surface area contributed by atoms with Gasteiger partial charge in [-0.05, 0) is 43.2 Å². The van der Waals surface area contributed by atoms with Crippen LogP contribution in [0.2, 0.25) is 0 Å². The number of aromatic nitrogens is 2. The predicted molar refractivity (Wildman–Crippen MR) is 86.6 cm³/mol. The molecule has 0 unspecified atom stereocenters. The number of anilines is 1. The summed E-state index contributed by atoms with van der Waals surface area (Å²) in [6.07, 6.45) is 3.32. The molecule has 6 heteroatoms. The maximum atomic E-state index is 5.54. The number of nitrogens with one attached hydrogen (secondary N) is 2. The molecule has 1 aliphatic heterocycles. The van der Waals surface area contributed by atoms with Crippen LogP contribution in [-0.2, 0) is 0 Å². The van der Waals surface area contributed by atoms with Crippen LogP contribution < -0.4 is 10.6 Å². The van der Waals surface area contributed by atoms with E-state index in [-0.39, 0.29) is 12.4 Å². The van der Waals surface area contributed by atoms with Gasteiger partial charge in [-0.25, -0.2) is 0 Å². The van der Waals surface area contributed by atoms with E-state index in [9.17, 15) is 0 Å². The van der Waals surface area contributed by atoms with Crippen LogP contribution >= 0.6 is 12.4 Å². The highest BCUT2D eigenvalue weighted by molar-refractivity contribution is 5.85. The van der Waals surface area contributed by atoms with E-state index >= 15 is 0 Å². The second kappa shape index (κ2) is 7.24. The van der Waals surface area contributed by atoms with Gasteiger partial charge in [0.05, 0.1) is 0 Å². The van der Waals surface area contributed by atoms with Gasteiger partial charge in [-0.2, -0.15) is 0 Å². The van der Waals surface area contributed by atoms with Gasteiger partial charge in [-0.1, -0.05) is 23.3 Å². The Kier molecular flexibility index (Phi) is 5.36. The lowest BCUT2D eigenvalue weighted by Crippen LogP contribution is -2.19. The average molecular weight is 307 g/mol. The van der Waals surface area contributed by atoms with Crippen LogP contribution in [-0.4, -0.2) is 29.8 Å². The Morgan fingerprint density at radius 2 is 1.95 bits per heavy atom. The number of halogens is 1. The number of nitrogens with zero attached hydrogens (tertiary/aromatic N) is 2. The van der Waals surface area contributed by atoms with Crippen LogP contribution in [0.15, 0.2) is 34.8 Å². The van der Waals surface area contributed by atoms with Gasteiger partial charge in [-0.3, -0.25) is 0 Å². The van der Waals surface area contributed by atoms with Gasteiger partial charge in [0, 0.05) is 18.7 Å². The van der Waals surface area contributed by atoms with Crippen molar-refractivity contribution < 1.29 is 4.42 Å². The van der Waals surface area contributed by atoms with E-state index in [0.29, 0.717) is 11.9 Å². The summed E-state index contributed by atoms with van der Waals surface area (Å²) in [7, 11) is 0. The summed E-state index contributed by atoms with van der Waals surface area (Å²) in [4.78, 5) is 0. The van der Waals surface area contributed by atoms with Crippen molar-refractivity contribution in [2.24, 2.45) is 0 Å². The lowest BCUT2D eigenvalue weighted by Gasteiger charge is -2.14. The number of hydrogen-bond donors (Lipinski definition) is 2. The first-order chi connectivity index (χ1) is 9.86. The van der Waals surface area contributed by atoms with Crippen LogP contribution in [0.5, 0.6) is 0 Å². The normalized spacial score (nSPS) is 14.2. The molecule has 0 aliphatic carbocycles. The average Bonchev–Trinajstić information content (AvgIpc) is 2.97. The summed E-state index contributed by atoms with van der Waals surface area (Å²) >= 11 is 0. The number of hydrogen-bond acceptors (Lipinski definition) is 5. The smallest absolute Gasteiger partial charge is 0.315 e. The molecule has 2 N–H and O–H groups in total. The standard InChI is InChI=1S/C15H18N4O.ClH/c1-2-17-15-19-18-14(20-15)13-5-3-11(4-6-13)12-7-9-16-10-8-12;/h3-7,16H,2,8-10H2,1H3,(H,17,19);1H. The van der Waals surface area contributed by atoms with Crippen molar-refractivity contribution in [3.8, 4) is 11.5 Å². The number of benzene rings is 1. The highest BCUT2D eigenvalue weighted by Gasteiger charge is 2.09. The second-order valence-electron chi connectivity index (χ2n) is 4.70. The fourth-order valence-electron chi connectivity index (χ4n) is 2.27. The zero-order valence-electron chi connectivity index (χ0n) is 11.9. The lowest BCUT2D eigenvalue weighted by molar-refractivity contribution is 0.582. The summed E-state index contributed by atoms with van der Waals surface area (Å²) in [5.41, 5.74) is 3.61. The minimum Gasteiger partial charge on any atom is -0.403 e. The summed E-state index contributed by atoms with van der Waals surface area (Å²) in [5.74, 6) is 0.548. The fraction of sp³-hybridized carbons (Fsp3) is 0.333. The number of rotatable bonds is 4. The largest absolute Gasteiger partial charge is 0.403 e. The Morgan fingerprint density at radius 3 is 2.62 bits per heavy atom. The molecule has 2 heterocycles. The van der Waals surface area contributed by atoms with Crippen LogP contribution in [0.1, 0.15) is 18.9 Å². The maximum absolute atomic E-state index is 5.54. The van der Waals surface area contributed by atoms with Crippen molar-refractivity contribution in [3.05, 3.63) is 35.9 Å².